The van der Waals surface area contributed by atoms with E-state index in [0.29, 0.717) is 12.2 Å². The zero-order valence-electron chi connectivity index (χ0n) is 5.44. The molecule has 0 amide bonds. The molecular weight excluding hydrogens is 130 g/mol. The molecule has 0 saturated heterocycles. The molecule has 0 aliphatic carbocycles. The summed E-state index contributed by atoms with van der Waals surface area (Å²) in [5, 5.41) is 10.6. The zero-order valence-corrected chi connectivity index (χ0v) is 5.44. The summed E-state index contributed by atoms with van der Waals surface area (Å²) >= 11 is 0. The van der Waals surface area contributed by atoms with Crippen LogP contribution in [0.25, 0.3) is 0 Å². The summed E-state index contributed by atoms with van der Waals surface area (Å²) in [6, 6.07) is 1.47. The van der Waals surface area contributed by atoms with E-state index in [1.165, 1.54) is 6.20 Å². The van der Waals surface area contributed by atoms with Gasteiger partial charge in [-0.2, -0.15) is 0 Å². The Kier molecular flexibility index (Phi) is 2.24. The quantitative estimate of drug-likeness (QED) is 0.538. The molecule has 0 radical (unpaired) electrons. The Morgan fingerprint density at radius 3 is 2.90 bits per heavy atom. The Balaban J connectivity index is 2.75. The number of hydrogen-bond acceptors (Lipinski definition) is 5. The molecule has 0 spiro atoms. The predicted octanol–water partition coefficient (Wildman–Crippen LogP) is -1.17. The summed E-state index contributed by atoms with van der Waals surface area (Å²) in [6.07, 6.45) is 1.54. The van der Waals surface area contributed by atoms with Crippen LogP contribution >= 0.6 is 0 Å². The van der Waals surface area contributed by atoms with Crippen molar-refractivity contribution in [3.05, 3.63) is 18.0 Å². The number of nitrogens with two attached hydrogens (primary N) is 2. The van der Waals surface area contributed by atoms with Crippen LogP contribution in [0.2, 0.25) is 0 Å². The standard InChI is InChI=1S/C5H9N5/c6-3-4(7)5-1-2-8-10-9-5/h1-2,4H,3,6-7H2. The minimum Gasteiger partial charge on any atom is -0.329 e. The van der Waals surface area contributed by atoms with Gasteiger partial charge in [-0.3, -0.25) is 0 Å². The summed E-state index contributed by atoms with van der Waals surface area (Å²) in [6.45, 7) is 0.374. The minimum atomic E-state index is -0.226. The molecular formula is C5H9N5. The third-order valence-corrected chi connectivity index (χ3v) is 1.16. The first-order valence-electron chi connectivity index (χ1n) is 2.94. The van der Waals surface area contributed by atoms with Gasteiger partial charge in [-0.1, -0.05) is 0 Å². The lowest BCUT2D eigenvalue weighted by molar-refractivity contribution is 0.674. The van der Waals surface area contributed by atoms with E-state index in [1.54, 1.807) is 6.07 Å². The first-order valence-corrected chi connectivity index (χ1v) is 2.94. The molecule has 1 atom stereocenters. The van der Waals surface area contributed by atoms with Crippen molar-refractivity contribution in [2.75, 3.05) is 6.54 Å². The fourth-order valence-corrected chi connectivity index (χ4v) is 0.569. The van der Waals surface area contributed by atoms with Crippen LogP contribution in [0.4, 0.5) is 0 Å². The smallest absolute Gasteiger partial charge is 0.0844 e. The molecule has 1 aromatic heterocycles. The molecule has 0 bridgehead atoms. The van der Waals surface area contributed by atoms with Gasteiger partial charge < -0.3 is 11.5 Å². The van der Waals surface area contributed by atoms with Gasteiger partial charge in [0.25, 0.3) is 0 Å². The van der Waals surface area contributed by atoms with E-state index < -0.39 is 0 Å². The van der Waals surface area contributed by atoms with E-state index in [9.17, 15) is 0 Å². The van der Waals surface area contributed by atoms with Gasteiger partial charge in [0.1, 0.15) is 0 Å². The molecule has 0 aliphatic heterocycles. The lowest BCUT2D eigenvalue weighted by atomic mass is 10.2. The second-order valence-corrected chi connectivity index (χ2v) is 1.89. The molecule has 1 aromatic rings. The van der Waals surface area contributed by atoms with E-state index in [1.807, 2.05) is 0 Å². The van der Waals surface area contributed by atoms with Gasteiger partial charge in [-0.15, -0.1) is 10.2 Å². The maximum absolute atomic E-state index is 5.54. The average Bonchev–Trinajstić information content (AvgIpc) is 2.05. The van der Waals surface area contributed by atoms with Gasteiger partial charge in [0.15, 0.2) is 0 Å². The van der Waals surface area contributed by atoms with Gasteiger partial charge in [-0.05, 0) is 11.3 Å². The highest BCUT2D eigenvalue weighted by molar-refractivity contribution is 5.01. The molecule has 54 valence electrons. The molecule has 10 heavy (non-hydrogen) atoms. The Morgan fingerprint density at radius 1 is 1.60 bits per heavy atom. The van der Waals surface area contributed by atoms with Crippen LogP contribution in [0.3, 0.4) is 0 Å². The second kappa shape index (κ2) is 3.19. The third kappa shape index (κ3) is 1.46. The van der Waals surface area contributed by atoms with E-state index in [4.69, 9.17) is 11.5 Å². The van der Waals surface area contributed by atoms with Crippen molar-refractivity contribution >= 4 is 0 Å². The number of nitrogens with zero attached hydrogens (tertiary/aromatic N) is 3. The summed E-state index contributed by atoms with van der Waals surface area (Å²) in [5.41, 5.74) is 11.5. The molecule has 1 rings (SSSR count). The molecule has 1 unspecified atom stereocenters. The highest BCUT2D eigenvalue weighted by Crippen LogP contribution is 1.99. The topological polar surface area (TPSA) is 90.7 Å². The Labute approximate surface area is 58.4 Å². The molecule has 0 aliphatic rings. The number of hydrogen-bond donors (Lipinski definition) is 2. The highest BCUT2D eigenvalue weighted by Gasteiger charge is 2.03. The Morgan fingerprint density at radius 2 is 2.40 bits per heavy atom. The SMILES string of the molecule is NCC(N)c1ccnnn1. The first-order chi connectivity index (χ1) is 4.84. The van der Waals surface area contributed by atoms with Crippen LogP contribution < -0.4 is 11.5 Å². The summed E-state index contributed by atoms with van der Waals surface area (Å²) in [4.78, 5) is 0. The molecule has 5 heteroatoms. The highest BCUT2D eigenvalue weighted by atomic mass is 15.3. The van der Waals surface area contributed by atoms with Crippen molar-refractivity contribution in [3.8, 4) is 0 Å². The largest absolute Gasteiger partial charge is 0.329 e. The van der Waals surface area contributed by atoms with Crippen molar-refractivity contribution in [2.24, 2.45) is 11.5 Å². The van der Waals surface area contributed by atoms with E-state index in [-0.39, 0.29) is 6.04 Å². The Hall–Kier alpha value is -1.07. The molecule has 1 heterocycles. The number of aromatic nitrogens is 3. The average molecular weight is 139 g/mol. The van der Waals surface area contributed by atoms with Crippen molar-refractivity contribution in [3.63, 3.8) is 0 Å². The Bertz CT molecular complexity index is 186. The molecule has 4 N–H and O–H groups in total. The van der Waals surface area contributed by atoms with Crippen molar-refractivity contribution in [1.82, 2.24) is 15.4 Å². The minimum absolute atomic E-state index is 0.226. The van der Waals surface area contributed by atoms with Gasteiger partial charge in [0, 0.05) is 6.54 Å². The van der Waals surface area contributed by atoms with Crippen LogP contribution in [-0.4, -0.2) is 22.0 Å². The fourth-order valence-electron chi connectivity index (χ4n) is 0.569. The predicted molar refractivity (Wildman–Crippen MR) is 35.8 cm³/mol. The van der Waals surface area contributed by atoms with Crippen LogP contribution in [-0.2, 0) is 0 Å². The third-order valence-electron chi connectivity index (χ3n) is 1.16. The monoisotopic (exact) mass is 139 g/mol. The molecule has 0 saturated carbocycles. The van der Waals surface area contributed by atoms with Crippen LogP contribution in [0, 0.1) is 0 Å². The maximum atomic E-state index is 5.54. The van der Waals surface area contributed by atoms with Crippen molar-refractivity contribution in [2.45, 2.75) is 6.04 Å². The zero-order chi connectivity index (χ0) is 7.40. The molecule has 0 aromatic carbocycles. The number of rotatable bonds is 2. The van der Waals surface area contributed by atoms with Gasteiger partial charge in [0.05, 0.1) is 17.9 Å². The van der Waals surface area contributed by atoms with Gasteiger partial charge in [0.2, 0.25) is 0 Å². The van der Waals surface area contributed by atoms with Gasteiger partial charge in [-0.25, -0.2) is 0 Å². The fraction of sp³-hybridized carbons (Fsp3) is 0.400. The summed E-state index contributed by atoms with van der Waals surface area (Å²) in [7, 11) is 0. The van der Waals surface area contributed by atoms with E-state index in [2.05, 4.69) is 15.4 Å². The lowest BCUT2D eigenvalue weighted by Gasteiger charge is -2.03. The first kappa shape index (κ1) is 7.04. The van der Waals surface area contributed by atoms with Crippen LogP contribution in [0.15, 0.2) is 12.3 Å². The van der Waals surface area contributed by atoms with Crippen molar-refractivity contribution < 1.29 is 0 Å². The van der Waals surface area contributed by atoms with Crippen molar-refractivity contribution in [1.29, 1.82) is 0 Å². The summed E-state index contributed by atoms with van der Waals surface area (Å²) < 4.78 is 0. The van der Waals surface area contributed by atoms with E-state index in [0.717, 1.165) is 0 Å². The summed E-state index contributed by atoms with van der Waals surface area (Å²) in [5.74, 6) is 0. The van der Waals surface area contributed by atoms with Gasteiger partial charge >= 0.3 is 0 Å². The second-order valence-electron chi connectivity index (χ2n) is 1.89. The lowest BCUT2D eigenvalue weighted by Crippen LogP contribution is -2.22. The normalized spacial score (nSPS) is 13.0. The molecule has 0 fully saturated rings. The van der Waals surface area contributed by atoms with E-state index >= 15 is 0 Å². The van der Waals surface area contributed by atoms with Crippen LogP contribution in [0.5, 0.6) is 0 Å². The van der Waals surface area contributed by atoms with Crippen LogP contribution in [0.1, 0.15) is 11.7 Å². The maximum Gasteiger partial charge on any atom is 0.0844 e. The molecule has 5 nitrogen and oxygen atoms in total.